The first-order valence-corrected chi connectivity index (χ1v) is 3.96. The van der Waals surface area contributed by atoms with Crippen molar-refractivity contribution in [1.82, 2.24) is 5.32 Å². The monoisotopic (exact) mass is 180 g/mol. The van der Waals surface area contributed by atoms with E-state index in [0.29, 0.717) is 5.69 Å². The van der Waals surface area contributed by atoms with Gasteiger partial charge in [-0.25, -0.2) is 0 Å². The van der Waals surface area contributed by atoms with Gasteiger partial charge in [0.1, 0.15) is 5.75 Å². The highest BCUT2D eigenvalue weighted by Gasteiger charge is 1.99. The third kappa shape index (κ3) is 3.13. The quantitative estimate of drug-likeness (QED) is 0.636. The SMILES string of the molecule is CNCC(=O)Nc1cccc(O)c1. The molecular formula is C9H12N2O2. The molecule has 0 aliphatic heterocycles. The fourth-order valence-electron chi connectivity index (χ4n) is 0.949. The molecule has 0 saturated heterocycles. The van der Waals surface area contributed by atoms with Crippen LogP contribution >= 0.6 is 0 Å². The number of benzene rings is 1. The van der Waals surface area contributed by atoms with E-state index in [-0.39, 0.29) is 18.2 Å². The zero-order valence-corrected chi connectivity index (χ0v) is 7.37. The summed E-state index contributed by atoms with van der Waals surface area (Å²) in [6.45, 7) is 0.260. The standard InChI is InChI=1S/C9H12N2O2/c1-10-6-9(13)11-7-3-2-4-8(12)5-7/h2-5,10,12H,6H2,1H3,(H,11,13). The predicted molar refractivity (Wildman–Crippen MR) is 50.7 cm³/mol. The second kappa shape index (κ2) is 4.47. The van der Waals surface area contributed by atoms with Gasteiger partial charge < -0.3 is 15.7 Å². The van der Waals surface area contributed by atoms with Crippen molar-refractivity contribution in [2.45, 2.75) is 0 Å². The van der Waals surface area contributed by atoms with Crippen molar-refractivity contribution >= 4 is 11.6 Å². The zero-order valence-electron chi connectivity index (χ0n) is 7.37. The smallest absolute Gasteiger partial charge is 0.238 e. The summed E-state index contributed by atoms with van der Waals surface area (Å²) in [5.74, 6) is 0.00959. The summed E-state index contributed by atoms with van der Waals surface area (Å²) in [5, 5.41) is 14.4. The first kappa shape index (κ1) is 9.54. The van der Waals surface area contributed by atoms with Crippen LogP contribution in [0.5, 0.6) is 5.75 Å². The third-order valence-electron chi connectivity index (χ3n) is 1.47. The number of phenolic OH excluding ortho intramolecular Hbond substituents is 1. The minimum atomic E-state index is -0.131. The average Bonchev–Trinajstić information content (AvgIpc) is 2.04. The van der Waals surface area contributed by atoms with E-state index in [0.717, 1.165) is 0 Å². The molecule has 1 aromatic rings. The van der Waals surface area contributed by atoms with Crippen LogP contribution in [0.3, 0.4) is 0 Å². The lowest BCUT2D eigenvalue weighted by Gasteiger charge is -2.04. The number of likely N-dealkylation sites (N-methyl/N-ethyl adjacent to an activating group) is 1. The molecule has 0 spiro atoms. The number of amides is 1. The van der Waals surface area contributed by atoms with Crippen molar-refractivity contribution in [1.29, 1.82) is 0 Å². The minimum Gasteiger partial charge on any atom is -0.508 e. The topological polar surface area (TPSA) is 61.4 Å². The Morgan fingerprint density at radius 2 is 2.31 bits per heavy atom. The Bertz CT molecular complexity index is 299. The maximum Gasteiger partial charge on any atom is 0.238 e. The van der Waals surface area contributed by atoms with E-state index in [1.807, 2.05) is 0 Å². The molecule has 0 saturated carbocycles. The van der Waals surface area contributed by atoms with Gasteiger partial charge in [0, 0.05) is 11.8 Å². The van der Waals surface area contributed by atoms with Crippen molar-refractivity contribution in [3.8, 4) is 5.75 Å². The van der Waals surface area contributed by atoms with Gasteiger partial charge >= 0.3 is 0 Å². The van der Waals surface area contributed by atoms with Gasteiger partial charge in [-0.15, -0.1) is 0 Å². The first-order valence-electron chi connectivity index (χ1n) is 3.96. The second-order valence-electron chi connectivity index (χ2n) is 2.63. The zero-order chi connectivity index (χ0) is 9.68. The number of hydrogen-bond acceptors (Lipinski definition) is 3. The lowest BCUT2D eigenvalue weighted by atomic mass is 10.3. The van der Waals surface area contributed by atoms with E-state index in [9.17, 15) is 4.79 Å². The van der Waals surface area contributed by atoms with Gasteiger partial charge in [-0.2, -0.15) is 0 Å². The Kier molecular flexibility index (Phi) is 3.28. The van der Waals surface area contributed by atoms with Crippen molar-refractivity contribution in [3.05, 3.63) is 24.3 Å². The van der Waals surface area contributed by atoms with Crippen molar-refractivity contribution in [2.75, 3.05) is 18.9 Å². The number of anilines is 1. The van der Waals surface area contributed by atoms with Crippen LogP contribution in [0.1, 0.15) is 0 Å². The Morgan fingerprint density at radius 1 is 1.54 bits per heavy atom. The summed E-state index contributed by atoms with van der Waals surface area (Å²) in [6, 6.07) is 6.43. The first-order chi connectivity index (χ1) is 6.22. The van der Waals surface area contributed by atoms with Crippen LogP contribution in [0.25, 0.3) is 0 Å². The summed E-state index contributed by atoms with van der Waals surface area (Å²) in [6.07, 6.45) is 0. The number of aromatic hydroxyl groups is 1. The summed E-state index contributed by atoms with van der Waals surface area (Å²) in [4.78, 5) is 11.1. The van der Waals surface area contributed by atoms with Gasteiger partial charge in [0.2, 0.25) is 5.91 Å². The second-order valence-corrected chi connectivity index (χ2v) is 2.63. The number of phenols is 1. The Balaban J connectivity index is 2.58. The number of hydrogen-bond donors (Lipinski definition) is 3. The van der Waals surface area contributed by atoms with Crippen molar-refractivity contribution in [2.24, 2.45) is 0 Å². The molecule has 0 heterocycles. The maximum atomic E-state index is 11.1. The number of rotatable bonds is 3. The van der Waals surface area contributed by atoms with Crippen molar-refractivity contribution < 1.29 is 9.90 Å². The van der Waals surface area contributed by atoms with Gasteiger partial charge in [-0.3, -0.25) is 4.79 Å². The molecule has 0 unspecified atom stereocenters. The van der Waals surface area contributed by atoms with Crippen LogP contribution in [0.15, 0.2) is 24.3 Å². The van der Waals surface area contributed by atoms with E-state index < -0.39 is 0 Å². The fraction of sp³-hybridized carbons (Fsp3) is 0.222. The molecule has 0 fully saturated rings. The number of carbonyl (C=O) groups is 1. The fourth-order valence-corrected chi connectivity index (χ4v) is 0.949. The van der Waals surface area contributed by atoms with Gasteiger partial charge in [-0.05, 0) is 19.2 Å². The lowest BCUT2D eigenvalue weighted by molar-refractivity contribution is -0.115. The van der Waals surface area contributed by atoms with Gasteiger partial charge in [0.05, 0.1) is 6.54 Å². The molecule has 0 radical (unpaired) electrons. The van der Waals surface area contributed by atoms with Crippen LogP contribution in [0.2, 0.25) is 0 Å². The highest BCUT2D eigenvalue weighted by molar-refractivity contribution is 5.92. The summed E-state index contributed by atoms with van der Waals surface area (Å²) in [7, 11) is 1.70. The average molecular weight is 180 g/mol. The summed E-state index contributed by atoms with van der Waals surface area (Å²) in [5.41, 5.74) is 0.597. The number of nitrogens with one attached hydrogen (secondary N) is 2. The molecule has 0 bridgehead atoms. The van der Waals surface area contributed by atoms with E-state index in [1.54, 1.807) is 25.2 Å². The highest BCUT2D eigenvalue weighted by Crippen LogP contribution is 2.14. The molecule has 4 nitrogen and oxygen atoms in total. The summed E-state index contributed by atoms with van der Waals surface area (Å²) >= 11 is 0. The molecule has 1 rings (SSSR count). The molecule has 4 heteroatoms. The van der Waals surface area contributed by atoms with Gasteiger partial charge in [0.15, 0.2) is 0 Å². The molecule has 0 atom stereocenters. The molecule has 3 N–H and O–H groups in total. The molecule has 0 aliphatic rings. The Labute approximate surface area is 76.6 Å². The molecule has 1 amide bonds. The largest absolute Gasteiger partial charge is 0.508 e. The predicted octanol–water partition coefficient (Wildman–Crippen LogP) is 0.550. The molecule has 13 heavy (non-hydrogen) atoms. The Morgan fingerprint density at radius 3 is 2.92 bits per heavy atom. The van der Waals surface area contributed by atoms with Crippen LogP contribution in [-0.4, -0.2) is 24.6 Å². The number of carbonyl (C=O) groups excluding carboxylic acids is 1. The molecule has 0 aromatic heterocycles. The van der Waals surface area contributed by atoms with Crippen LogP contribution in [-0.2, 0) is 4.79 Å². The van der Waals surface area contributed by atoms with E-state index in [4.69, 9.17) is 5.11 Å². The van der Waals surface area contributed by atoms with Gasteiger partial charge in [-0.1, -0.05) is 6.07 Å². The minimum absolute atomic E-state index is 0.131. The lowest BCUT2D eigenvalue weighted by Crippen LogP contribution is -2.24. The van der Waals surface area contributed by atoms with Gasteiger partial charge in [0.25, 0.3) is 0 Å². The van der Waals surface area contributed by atoms with E-state index >= 15 is 0 Å². The molecule has 0 aliphatic carbocycles. The van der Waals surface area contributed by atoms with E-state index in [1.165, 1.54) is 6.07 Å². The molecule has 70 valence electrons. The van der Waals surface area contributed by atoms with Crippen LogP contribution in [0, 0.1) is 0 Å². The maximum absolute atomic E-state index is 11.1. The van der Waals surface area contributed by atoms with Crippen LogP contribution < -0.4 is 10.6 Å². The van der Waals surface area contributed by atoms with Crippen molar-refractivity contribution in [3.63, 3.8) is 0 Å². The third-order valence-corrected chi connectivity index (χ3v) is 1.47. The summed E-state index contributed by atoms with van der Waals surface area (Å²) < 4.78 is 0. The Hall–Kier alpha value is -1.55. The molecular weight excluding hydrogens is 168 g/mol. The normalized spacial score (nSPS) is 9.62. The van der Waals surface area contributed by atoms with E-state index in [2.05, 4.69) is 10.6 Å². The molecule has 1 aromatic carbocycles. The highest BCUT2D eigenvalue weighted by atomic mass is 16.3. The van der Waals surface area contributed by atoms with Crippen LogP contribution in [0.4, 0.5) is 5.69 Å².